The predicted octanol–water partition coefficient (Wildman–Crippen LogP) is 1.89. The Balaban J connectivity index is 1.70. The van der Waals surface area contributed by atoms with Gasteiger partial charge in [0.15, 0.2) is 0 Å². The van der Waals surface area contributed by atoms with Crippen molar-refractivity contribution in [2.45, 2.75) is 12.8 Å². The van der Waals surface area contributed by atoms with Gasteiger partial charge in [-0.15, -0.1) is 0 Å². The van der Waals surface area contributed by atoms with E-state index in [-0.39, 0.29) is 5.91 Å². The van der Waals surface area contributed by atoms with Crippen LogP contribution in [0.5, 0.6) is 0 Å². The molecule has 0 bridgehead atoms. The van der Waals surface area contributed by atoms with Crippen LogP contribution in [0.3, 0.4) is 0 Å². The van der Waals surface area contributed by atoms with Crippen molar-refractivity contribution in [1.82, 2.24) is 15.1 Å². The second-order valence-corrected chi connectivity index (χ2v) is 5.50. The molecule has 2 heterocycles. The van der Waals surface area contributed by atoms with E-state index in [1.54, 1.807) is 0 Å². The monoisotopic (exact) mass is 284 g/mol. The van der Waals surface area contributed by atoms with Crippen LogP contribution in [0.15, 0.2) is 36.4 Å². The van der Waals surface area contributed by atoms with Gasteiger partial charge in [0.05, 0.1) is 5.69 Å². The molecule has 0 unspecified atom stereocenters. The molecular formula is C16H20N4O. The molecular weight excluding hydrogens is 264 g/mol. The maximum absolute atomic E-state index is 12.5. The number of H-pyrrole nitrogens is 1. The minimum Gasteiger partial charge on any atom is -0.337 e. The molecule has 1 aromatic carbocycles. The zero-order chi connectivity index (χ0) is 14.7. The highest BCUT2D eigenvalue weighted by molar-refractivity contribution is 5.93. The third kappa shape index (κ3) is 2.97. The molecule has 1 amide bonds. The largest absolute Gasteiger partial charge is 0.337 e. The number of nitrogens with zero attached hydrogens (tertiary/aromatic N) is 2. The van der Waals surface area contributed by atoms with Crippen LogP contribution in [0, 0.1) is 5.92 Å². The number of benzene rings is 1. The predicted molar refractivity (Wildman–Crippen MR) is 81.7 cm³/mol. The third-order valence-corrected chi connectivity index (χ3v) is 4.11. The van der Waals surface area contributed by atoms with E-state index in [1.165, 1.54) is 0 Å². The van der Waals surface area contributed by atoms with Crippen LogP contribution < -0.4 is 5.73 Å². The zero-order valence-corrected chi connectivity index (χ0v) is 12.0. The number of nitrogens with one attached hydrogen (secondary N) is 1. The van der Waals surface area contributed by atoms with E-state index in [2.05, 4.69) is 10.2 Å². The molecule has 1 aromatic heterocycles. The topological polar surface area (TPSA) is 75.0 Å². The van der Waals surface area contributed by atoms with Gasteiger partial charge in [0.2, 0.25) is 0 Å². The van der Waals surface area contributed by atoms with E-state index in [4.69, 9.17) is 5.73 Å². The van der Waals surface area contributed by atoms with Gasteiger partial charge in [-0.2, -0.15) is 5.10 Å². The Labute approximate surface area is 124 Å². The number of aromatic nitrogens is 2. The van der Waals surface area contributed by atoms with Crippen molar-refractivity contribution in [3.05, 3.63) is 42.1 Å². The minimum absolute atomic E-state index is 0.0279. The summed E-state index contributed by atoms with van der Waals surface area (Å²) < 4.78 is 0. The molecule has 1 fully saturated rings. The van der Waals surface area contributed by atoms with Crippen molar-refractivity contribution in [3.8, 4) is 11.3 Å². The Morgan fingerprint density at radius 2 is 2.00 bits per heavy atom. The number of nitrogens with two attached hydrogens (primary N) is 1. The fraction of sp³-hybridized carbons (Fsp3) is 0.375. The van der Waals surface area contributed by atoms with Crippen LogP contribution in [0.25, 0.3) is 11.3 Å². The van der Waals surface area contributed by atoms with Gasteiger partial charge in [-0.05, 0) is 31.4 Å². The van der Waals surface area contributed by atoms with Crippen LogP contribution in [-0.4, -0.2) is 40.6 Å². The molecule has 3 rings (SSSR count). The number of hydrogen-bond acceptors (Lipinski definition) is 3. The van der Waals surface area contributed by atoms with Gasteiger partial charge < -0.3 is 10.6 Å². The van der Waals surface area contributed by atoms with Gasteiger partial charge >= 0.3 is 0 Å². The quantitative estimate of drug-likeness (QED) is 0.903. The van der Waals surface area contributed by atoms with Gasteiger partial charge in [-0.25, -0.2) is 0 Å². The molecule has 0 radical (unpaired) electrons. The number of rotatable bonds is 3. The normalized spacial score (nSPS) is 16.1. The lowest BCUT2D eigenvalue weighted by atomic mass is 9.97. The van der Waals surface area contributed by atoms with Crippen molar-refractivity contribution < 1.29 is 4.79 Å². The molecule has 0 saturated carbocycles. The molecule has 1 aliphatic heterocycles. The minimum atomic E-state index is 0.0279. The Kier molecular flexibility index (Phi) is 4.01. The van der Waals surface area contributed by atoms with E-state index in [1.807, 2.05) is 41.3 Å². The first-order valence-corrected chi connectivity index (χ1v) is 7.38. The molecule has 2 aromatic rings. The molecule has 5 nitrogen and oxygen atoms in total. The summed E-state index contributed by atoms with van der Waals surface area (Å²) in [7, 11) is 0. The van der Waals surface area contributed by atoms with Crippen molar-refractivity contribution in [1.29, 1.82) is 0 Å². The highest BCUT2D eigenvalue weighted by Crippen LogP contribution is 2.20. The fourth-order valence-corrected chi connectivity index (χ4v) is 2.73. The Hall–Kier alpha value is -2.14. The average molecular weight is 284 g/mol. The van der Waals surface area contributed by atoms with Crippen LogP contribution >= 0.6 is 0 Å². The average Bonchev–Trinajstić information content (AvgIpc) is 3.05. The number of hydrogen-bond donors (Lipinski definition) is 2. The summed E-state index contributed by atoms with van der Waals surface area (Å²) in [5.74, 6) is 0.579. The smallest absolute Gasteiger partial charge is 0.271 e. The molecule has 5 heteroatoms. The SMILES string of the molecule is NCC1CCN(C(=O)c2cc(-c3ccccc3)n[nH]2)CC1. The summed E-state index contributed by atoms with van der Waals surface area (Å²) in [6.45, 7) is 2.27. The van der Waals surface area contributed by atoms with Gasteiger partial charge in [-0.1, -0.05) is 30.3 Å². The van der Waals surface area contributed by atoms with Crippen LogP contribution in [0.4, 0.5) is 0 Å². The molecule has 0 aliphatic carbocycles. The summed E-state index contributed by atoms with van der Waals surface area (Å²) in [5.41, 5.74) is 8.05. The first-order valence-electron chi connectivity index (χ1n) is 7.38. The molecule has 3 N–H and O–H groups in total. The van der Waals surface area contributed by atoms with E-state index in [0.29, 0.717) is 18.2 Å². The Morgan fingerprint density at radius 3 is 2.67 bits per heavy atom. The maximum Gasteiger partial charge on any atom is 0.271 e. The van der Waals surface area contributed by atoms with E-state index >= 15 is 0 Å². The molecule has 0 atom stereocenters. The van der Waals surface area contributed by atoms with Gasteiger partial charge in [-0.3, -0.25) is 9.89 Å². The summed E-state index contributed by atoms with van der Waals surface area (Å²) in [6, 6.07) is 11.7. The molecule has 1 aliphatic rings. The van der Waals surface area contributed by atoms with Gasteiger partial charge in [0.1, 0.15) is 5.69 Å². The lowest BCUT2D eigenvalue weighted by molar-refractivity contribution is 0.0687. The second kappa shape index (κ2) is 6.10. The molecule has 0 spiro atoms. The van der Waals surface area contributed by atoms with Gasteiger partial charge in [0, 0.05) is 18.7 Å². The summed E-state index contributed by atoms with van der Waals surface area (Å²) in [5, 5.41) is 7.10. The summed E-state index contributed by atoms with van der Waals surface area (Å²) >= 11 is 0. The van der Waals surface area contributed by atoms with Crippen molar-refractivity contribution >= 4 is 5.91 Å². The molecule has 1 saturated heterocycles. The van der Waals surface area contributed by atoms with Gasteiger partial charge in [0.25, 0.3) is 5.91 Å². The molecule has 21 heavy (non-hydrogen) atoms. The van der Waals surface area contributed by atoms with E-state index in [9.17, 15) is 4.79 Å². The molecule has 110 valence electrons. The first kappa shape index (κ1) is 13.8. The highest BCUT2D eigenvalue weighted by Gasteiger charge is 2.24. The number of carbonyl (C=O) groups excluding carboxylic acids is 1. The third-order valence-electron chi connectivity index (χ3n) is 4.11. The Morgan fingerprint density at radius 1 is 1.29 bits per heavy atom. The van der Waals surface area contributed by atoms with Crippen molar-refractivity contribution in [3.63, 3.8) is 0 Å². The van der Waals surface area contributed by atoms with Crippen LogP contribution in [0.1, 0.15) is 23.3 Å². The van der Waals surface area contributed by atoms with Crippen LogP contribution in [0.2, 0.25) is 0 Å². The second-order valence-electron chi connectivity index (χ2n) is 5.50. The van der Waals surface area contributed by atoms with Crippen LogP contribution in [-0.2, 0) is 0 Å². The number of carbonyl (C=O) groups is 1. The standard InChI is InChI=1S/C16H20N4O/c17-11-12-6-8-20(9-7-12)16(21)15-10-14(18-19-15)13-4-2-1-3-5-13/h1-5,10,12H,6-9,11,17H2,(H,18,19). The van der Waals surface area contributed by atoms with Crippen molar-refractivity contribution in [2.75, 3.05) is 19.6 Å². The summed E-state index contributed by atoms with van der Waals surface area (Å²) in [4.78, 5) is 14.3. The first-order chi connectivity index (χ1) is 10.3. The number of piperidine rings is 1. The lowest BCUT2D eigenvalue weighted by Gasteiger charge is -2.30. The van der Waals surface area contributed by atoms with E-state index < -0.39 is 0 Å². The lowest BCUT2D eigenvalue weighted by Crippen LogP contribution is -2.40. The van der Waals surface area contributed by atoms with E-state index in [0.717, 1.165) is 37.2 Å². The zero-order valence-electron chi connectivity index (χ0n) is 12.0. The number of aromatic amines is 1. The maximum atomic E-state index is 12.5. The van der Waals surface area contributed by atoms with Crippen molar-refractivity contribution in [2.24, 2.45) is 11.7 Å². The number of amides is 1. The summed E-state index contributed by atoms with van der Waals surface area (Å²) in [6.07, 6.45) is 1.98. The fourth-order valence-electron chi connectivity index (χ4n) is 2.73. The number of likely N-dealkylation sites (tertiary alicyclic amines) is 1. The Bertz CT molecular complexity index is 600. The highest BCUT2D eigenvalue weighted by atomic mass is 16.2.